The summed E-state index contributed by atoms with van der Waals surface area (Å²) in [5.74, 6) is 2.18. The van der Waals surface area contributed by atoms with Crippen LogP contribution in [0.1, 0.15) is 105 Å². The maximum Gasteiger partial charge on any atom is 0.306 e. The van der Waals surface area contributed by atoms with Crippen LogP contribution in [0.4, 0.5) is 0 Å². The quantitative estimate of drug-likeness (QED) is 0.370. The van der Waals surface area contributed by atoms with Gasteiger partial charge in [0.25, 0.3) is 0 Å². The van der Waals surface area contributed by atoms with E-state index in [1.807, 2.05) is 0 Å². The Morgan fingerprint density at radius 2 is 1.71 bits per heavy atom. The van der Waals surface area contributed by atoms with Crippen molar-refractivity contribution in [3.8, 4) is 0 Å². The number of rotatable bonds is 6. The number of piperidine rings is 1. The molecule has 6 heteroatoms. The third-order valence-corrected chi connectivity index (χ3v) is 13.0. The Labute approximate surface area is 230 Å². The number of esters is 1. The number of carbonyl (C=O) groups is 1. The molecular formula is C32H55NO5. The van der Waals surface area contributed by atoms with Gasteiger partial charge in [0.2, 0.25) is 0 Å². The van der Waals surface area contributed by atoms with Crippen molar-refractivity contribution in [3.63, 3.8) is 0 Å². The van der Waals surface area contributed by atoms with E-state index in [1.54, 1.807) is 0 Å². The zero-order valence-corrected chi connectivity index (χ0v) is 24.6. The molecule has 4 aliphatic carbocycles. The molecule has 5 aliphatic rings. The maximum absolute atomic E-state index is 12.9. The molecule has 38 heavy (non-hydrogen) atoms. The van der Waals surface area contributed by atoms with Crippen LogP contribution in [0, 0.1) is 52.3 Å². The summed E-state index contributed by atoms with van der Waals surface area (Å²) in [5.41, 5.74) is -0.557. The Morgan fingerprint density at radius 3 is 2.42 bits per heavy atom. The van der Waals surface area contributed by atoms with Crippen molar-refractivity contribution in [2.24, 2.45) is 52.3 Å². The smallest absolute Gasteiger partial charge is 0.306 e. The molecule has 0 aromatic carbocycles. The van der Waals surface area contributed by atoms with Gasteiger partial charge in [-0.3, -0.25) is 4.79 Å². The maximum atomic E-state index is 12.9. The number of fused-ring (bicyclic) bond motifs is 5. The number of aliphatic hydroxyl groups is 3. The van der Waals surface area contributed by atoms with Gasteiger partial charge in [0.05, 0.1) is 18.3 Å². The van der Waals surface area contributed by atoms with Gasteiger partial charge in [-0.1, -0.05) is 20.8 Å². The van der Waals surface area contributed by atoms with Gasteiger partial charge in [0, 0.05) is 12.3 Å². The molecule has 4 N–H and O–H groups in total. The van der Waals surface area contributed by atoms with Gasteiger partial charge in [-0.05, 0) is 137 Å². The fourth-order valence-corrected chi connectivity index (χ4v) is 10.6. The van der Waals surface area contributed by atoms with Gasteiger partial charge in [-0.15, -0.1) is 0 Å². The number of hydrogen-bond donors (Lipinski definition) is 4. The first-order valence-corrected chi connectivity index (χ1v) is 15.8. The van der Waals surface area contributed by atoms with Gasteiger partial charge in [-0.2, -0.15) is 0 Å². The van der Waals surface area contributed by atoms with E-state index in [-0.39, 0.29) is 41.0 Å². The number of carbonyl (C=O) groups excluding carboxylic acids is 1. The fraction of sp³-hybridized carbons (Fsp3) is 0.969. The Kier molecular flexibility index (Phi) is 8.05. The highest BCUT2D eigenvalue weighted by Crippen LogP contribution is 2.68. The molecule has 5 fully saturated rings. The van der Waals surface area contributed by atoms with Crippen molar-refractivity contribution in [3.05, 3.63) is 0 Å². The first-order chi connectivity index (χ1) is 17.9. The molecule has 6 nitrogen and oxygen atoms in total. The van der Waals surface area contributed by atoms with Crippen LogP contribution in [0.3, 0.4) is 0 Å². The second kappa shape index (κ2) is 10.6. The van der Waals surface area contributed by atoms with Crippen molar-refractivity contribution < 1.29 is 24.9 Å². The van der Waals surface area contributed by atoms with Crippen molar-refractivity contribution in [2.45, 2.75) is 129 Å². The number of aliphatic hydroxyl groups excluding tert-OH is 3. The van der Waals surface area contributed by atoms with Crippen LogP contribution in [0.15, 0.2) is 0 Å². The molecule has 1 heterocycles. The highest BCUT2D eigenvalue weighted by atomic mass is 16.6. The lowest BCUT2D eigenvalue weighted by Crippen LogP contribution is -2.62. The molecule has 1 saturated heterocycles. The van der Waals surface area contributed by atoms with Gasteiger partial charge >= 0.3 is 5.97 Å². The molecule has 0 aromatic rings. The molecule has 0 aromatic heterocycles. The SMILES string of the molecule is C[C@H](CCC(=O)OC(C)(C)C1CCNCC1)[C@H]1CC[C@H]2[C@@H]3C(O)C[C@@H]4CC(O)CC[C@]4(C)[C@H]3CC(O)[C@]12C. The average molecular weight is 534 g/mol. The van der Waals surface area contributed by atoms with Crippen molar-refractivity contribution in [2.75, 3.05) is 13.1 Å². The molecule has 0 amide bonds. The molecule has 0 radical (unpaired) electrons. The monoisotopic (exact) mass is 533 g/mol. The Bertz CT molecular complexity index is 857. The molecule has 11 atom stereocenters. The van der Waals surface area contributed by atoms with Crippen molar-refractivity contribution in [1.29, 1.82) is 0 Å². The van der Waals surface area contributed by atoms with Crippen molar-refractivity contribution >= 4 is 5.97 Å². The van der Waals surface area contributed by atoms with E-state index in [0.717, 1.165) is 77.3 Å². The summed E-state index contributed by atoms with van der Waals surface area (Å²) in [5, 5.41) is 37.0. The van der Waals surface area contributed by atoms with Gasteiger partial charge in [0.1, 0.15) is 5.60 Å². The predicted molar refractivity (Wildman–Crippen MR) is 148 cm³/mol. The summed E-state index contributed by atoms with van der Waals surface area (Å²) in [7, 11) is 0. The van der Waals surface area contributed by atoms with E-state index in [2.05, 4.69) is 39.9 Å². The second-order valence-electron chi connectivity index (χ2n) is 15.1. The third kappa shape index (κ3) is 4.88. The topological polar surface area (TPSA) is 99.0 Å². The van der Waals surface area contributed by atoms with E-state index in [4.69, 9.17) is 4.74 Å². The van der Waals surface area contributed by atoms with E-state index < -0.39 is 5.60 Å². The lowest BCUT2D eigenvalue weighted by Gasteiger charge is -2.63. The molecular weight excluding hydrogens is 478 g/mol. The summed E-state index contributed by atoms with van der Waals surface area (Å²) in [4.78, 5) is 12.9. The van der Waals surface area contributed by atoms with E-state index in [0.29, 0.717) is 41.9 Å². The normalized spacial score (nSPS) is 46.5. The Hall–Kier alpha value is -0.690. The first-order valence-electron chi connectivity index (χ1n) is 15.8. The fourth-order valence-electron chi connectivity index (χ4n) is 10.6. The summed E-state index contributed by atoms with van der Waals surface area (Å²) in [6.07, 6.45) is 8.62. The van der Waals surface area contributed by atoms with Crippen LogP contribution in [0.2, 0.25) is 0 Å². The lowest BCUT2D eigenvalue weighted by atomic mass is 9.43. The molecule has 3 unspecified atom stereocenters. The Balaban J connectivity index is 1.24. The minimum Gasteiger partial charge on any atom is -0.459 e. The number of nitrogens with one attached hydrogen (secondary N) is 1. The van der Waals surface area contributed by atoms with Crippen LogP contribution >= 0.6 is 0 Å². The van der Waals surface area contributed by atoms with Gasteiger partial charge < -0.3 is 25.4 Å². The van der Waals surface area contributed by atoms with Gasteiger partial charge in [-0.25, -0.2) is 0 Å². The third-order valence-electron chi connectivity index (χ3n) is 13.0. The van der Waals surface area contributed by atoms with Crippen LogP contribution in [-0.2, 0) is 9.53 Å². The number of hydrogen-bond acceptors (Lipinski definition) is 6. The van der Waals surface area contributed by atoms with Crippen LogP contribution in [0.25, 0.3) is 0 Å². The van der Waals surface area contributed by atoms with Crippen LogP contribution in [-0.4, -0.2) is 58.3 Å². The molecule has 0 spiro atoms. The van der Waals surface area contributed by atoms with Crippen molar-refractivity contribution in [1.82, 2.24) is 5.32 Å². The standard InChI is InChI=1S/C32H55NO5/c1-19(6-9-28(37)38-30(2,3)20-11-14-33-15-12-20)23-7-8-24-29-25(18-27(36)32(23,24)5)31(4)13-10-22(34)16-21(31)17-26(29)35/h19-27,29,33-36H,6-18H2,1-5H3/t19-,21+,22?,23-,24+,25+,26?,27?,29+,31+,32-/m1/s1. The van der Waals surface area contributed by atoms with Crippen LogP contribution < -0.4 is 5.32 Å². The molecule has 1 aliphatic heterocycles. The average Bonchev–Trinajstić information content (AvgIpc) is 3.23. The summed E-state index contributed by atoms with van der Waals surface area (Å²) in [6, 6.07) is 0. The minimum atomic E-state index is -0.429. The first kappa shape index (κ1) is 28.8. The largest absolute Gasteiger partial charge is 0.459 e. The van der Waals surface area contributed by atoms with E-state index >= 15 is 0 Å². The minimum absolute atomic E-state index is 0.0921. The highest BCUT2D eigenvalue weighted by Gasteiger charge is 2.65. The van der Waals surface area contributed by atoms with E-state index in [1.165, 1.54) is 0 Å². The molecule has 218 valence electrons. The summed E-state index contributed by atoms with van der Waals surface area (Å²) >= 11 is 0. The zero-order chi connectivity index (χ0) is 27.5. The molecule has 5 rings (SSSR count). The molecule has 4 saturated carbocycles. The Morgan fingerprint density at radius 1 is 1.00 bits per heavy atom. The highest BCUT2D eigenvalue weighted by molar-refractivity contribution is 5.69. The predicted octanol–water partition coefficient (Wildman–Crippen LogP) is 4.69. The number of ether oxygens (including phenoxy) is 1. The van der Waals surface area contributed by atoms with E-state index in [9.17, 15) is 20.1 Å². The zero-order valence-electron chi connectivity index (χ0n) is 24.6. The summed E-state index contributed by atoms with van der Waals surface area (Å²) in [6.45, 7) is 13.0. The second-order valence-corrected chi connectivity index (χ2v) is 15.1. The van der Waals surface area contributed by atoms with Gasteiger partial charge in [0.15, 0.2) is 0 Å². The molecule has 0 bridgehead atoms. The summed E-state index contributed by atoms with van der Waals surface area (Å²) < 4.78 is 6.03. The van der Waals surface area contributed by atoms with Crippen LogP contribution in [0.5, 0.6) is 0 Å². The lowest BCUT2D eigenvalue weighted by molar-refractivity contribution is -0.207.